The van der Waals surface area contributed by atoms with Crippen molar-refractivity contribution in [2.75, 3.05) is 5.32 Å². The molecule has 0 aromatic carbocycles. The first-order chi connectivity index (χ1) is 9.69. The fraction of sp³-hybridized carbons (Fsp3) is 0.231. The molecule has 1 aliphatic heterocycles. The number of pyridine rings is 1. The second kappa shape index (κ2) is 4.76. The number of hydrogen-bond donors (Lipinski definition) is 2. The summed E-state index contributed by atoms with van der Waals surface area (Å²) in [5.41, 5.74) is 0.961. The zero-order valence-electron chi connectivity index (χ0n) is 10.8. The van der Waals surface area contributed by atoms with Gasteiger partial charge in [0.25, 0.3) is 0 Å². The van der Waals surface area contributed by atoms with E-state index in [9.17, 15) is 9.90 Å². The molecule has 0 bridgehead atoms. The molecule has 20 heavy (non-hydrogen) atoms. The van der Waals surface area contributed by atoms with E-state index in [0.29, 0.717) is 18.2 Å². The number of aliphatic carboxylic acids is 1. The zero-order chi connectivity index (χ0) is 14.1. The van der Waals surface area contributed by atoms with Crippen molar-refractivity contribution in [1.82, 2.24) is 19.7 Å². The van der Waals surface area contributed by atoms with Gasteiger partial charge in [-0.1, -0.05) is 13.0 Å². The van der Waals surface area contributed by atoms with Crippen LogP contribution < -0.4 is 5.32 Å². The van der Waals surface area contributed by atoms with E-state index in [4.69, 9.17) is 0 Å². The summed E-state index contributed by atoms with van der Waals surface area (Å²) in [5.74, 6) is 0.0863. The number of aryl methyl sites for hydroxylation is 1. The molecule has 0 saturated heterocycles. The van der Waals surface area contributed by atoms with Crippen LogP contribution in [0.1, 0.15) is 24.4 Å². The lowest BCUT2D eigenvalue weighted by Gasteiger charge is -2.22. The van der Waals surface area contributed by atoms with Gasteiger partial charge in [0.05, 0.1) is 0 Å². The van der Waals surface area contributed by atoms with Gasteiger partial charge >= 0.3 is 5.97 Å². The normalized spacial score (nSPS) is 17.1. The van der Waals surface area contributed by atoms with E-state index in [2.05, 4.69) is 20.4 Å². The van der Waals surface area contributed by atoms with Crippen LogP contribution in [-0.4, -0.2) is 30.8 Å². The maximum atomic E-state index is 11.2. The van der Waals surface area contributed by atoms with Gasteiger partial charge in [0.1, 0.15) is 11.7 Å². The highest BCUT2D eigenvalue weighted by Gasteiger charge is 2.26. The Morgan fingerprint density at radius 3 is 3.05 bits per heavy atom. The fourth-order valence-electron chi connectivity index (χ4n) is 2.10. The number of carboxylic acids is 1. The fourth-order valence-corrected chi connectivity index (χ4v) is 2.10. The van der Waals surface area contributed by atoms with Gasteiger partial charge in [0, 0.05) is 18.8 Å². The maximum Gasteiger partial charge on any atom is 0.352 e. The molecule has 7 heteroatoms. The Bertz CT molecular complexity index is 677. The number of nitrogens with one attached hydrogen (secondary N) is 1. The minimum absolute atomic E-state index is 0.0985. The Morgan fingerprint density at radius 1 is 1.55 bits per heavy atom. The number of nitrogens with zero attached hydrogens (tertiary/aromatic N) is 4. The van der Waals surface area contributed by atoms with Crippen LogP contribution in [0.5, 0.6) is 0 Å². The van der Waals surface area contributed by atoms with Gasteiger partial charge in [-0.15, -0.1) is 0 Å². The third-order valence-corrected chi connectivity index (χ3v) is 3.08. The molecule has 2 aromatic heterocycles. The van der Waals surface area contributed by atoms with Crippen LogP contribution in [0.15, 0.2) is 36.3 Å². The van der Waals surface area contributed by atoms with Crippen molar-refractivity contribution in [2.24, 2.45) is 0 Å². The van der Waals surface area contributed by atoms with Gasteiger partial charge in [0.2, 0.25) is 5.95 Å². The minimum Gasteiger partial charge on any atom is -0.477 e. The Balaban J connectivity index is 2.11. The zero-order valence-corrected chi connectivity index (χ0v) is 10.8. The summed E-state index contributed by atoms with van der Waals surface area (Å²) in [6.07, 6.45) is 5.67. The van der Waals surface area contributed by atoms with E-state index in [-0.39, 0.29) is 11.7 Å². The van der Waals surface area contributed by atoms with Crippen LogP contribution in [0, 0.1) is 0 Å². The van der Waals surface area contributed by atoms with Crippen LogP contribution in [-0.2, 0) is 11.2 Å². The average Bonchev–Trinajstić information content (AvgIpc) is 2.90. The molecule has 7 nitrogen and oxygen atoms in total. The number of carbonyl (C=O) groups is 1. The summed E-state index contributed by atoms with van der Waals surface area (Å²) in [6, 6.07) is 3.37. The van der Waals surface area contributed by atoms with E-state index in [1.807, 2.05) is 19.1 Å². The molecule has 3 rings (SSSR count). The number of aromatic nitrogens is 4. The molecule has 0 aliphatic carbocycles. The van der Waals surface area contributed by atoms with E-state index < -0.39 is 5.97 Å². The van der Waals surface area contributed by atoms with Gasteiger partial charge < -0.3 is 10.4 Å². The number of fused-ring (bicyclic) bond motifs is 1. The summed E-state index contributed by atoms with van der Waals surface area (Å²) in [4.78, 5) is 19.6. The van der Waals surface area contributed by atoms with E-state index in [0.717, 1.165) is 5.56 Å². The highest BCUT2D eigenvalue weighted by atomic mass is 16.4. The van der Waals surface area contributed by atoms with Crippen LogP contribution in [0.3, 0.4) is 0 Å². The SMILES string of the molecule is CCc1nc2n(n1)C(c1cccnc1)C=C(C(=O)O)N2. The quantitative estimate of drug-likeness (QED) is 0.871. The monoisotopic (exact) mass is 271 g/mol. The predicted octanol–water partition coefficient (Wildman–Crippen LogP) is 1.22. The lowest BCUT2D eigenvalue weighted by atomic mass is 10.1. The minimum atomic E-state index is -1.02. The summed E-state index contributed by atoms with van der Waals surface area (Å²) < 4.78 is 1.68. The lowest BCUT2D eigenvalue weighted by Crippen LogP contribution is -2.24. The Morgan fingerprint density at radius 2 is 2.40 bits per heavy atom. The molecule has 1 unspecified atom stereocenters. The lowest BCUT2D eigenvalue weighted by molar-refractivity contribution is -0.132. The molecule has 0 saturated carbocycles. The highest BCUT2D eigenvalue weighted by molar-refractivity contribution is 5.90. The van der Waals surface area contributed by atoms with Gasteiger partial charge in [-0.2, -0.15) is 10.1 Å². The largest absolute Gasteiger partial charge is 0.477 e. The second-order valence-corrected chi connectivity index (χ2v) is 4.39. The first-order valence-corrected chi connectivity index (χ1v) is 6.26. The molecular weight excluding hydrogens is 258 g/mol. The highest BCUT2D eigenvalue weighted by Crippen LogP contribution is 2.28. The van der Waals surface area contributed by atoms with Crippen molar-refractivity contribution in [3.63, 3.8) is 0 Å². The van der Waals surface area contributed by atoms with Gasteiger partial charge in [0.15, 0.2) is 5.82 Å². The topological polar surface area (TPSA) is 92.9 Å². The number of allylic oxidation sites excluding steroid dienone is 1. The smallest absolute Gasteiger partial charge is 0.352 e. The van der Waals surface area contributed by atoms with Crippen molar-refractivity contribution in [3.8, 4) is 0 Å². The average molecular weight is 271 g/mol. The van der Waals surface area contributed by atoms with Crippen molar-refractivity contribution in [2.45, 2.75) is 19.4 Å². The number of rotatable bonds is 3. The van der Waals surface area contributed by atoms with Crippen LogP contribution >= 0.6 is 0 Å². The van der Waals surface area contributed by atoms with Crippen molar-refractivity contribution in [1.29, 1.82) is 0 Å². The molecule has 102 valence electrons. The van der Waals surface area contributed by atoms with E-state index in [1.165, 1.54) is 0 Å². The summed E-state index contributed by atoms with van der Waals surface area (Å²) in [5, 5.41) is 16.4. The Labute approximate surface area is 115 Å². The van der Waals surface area contributed by atoms with Gasteiger partial charge in [-0.3, -0.25) is 4.98 Å². The van der Waals surface area contributed by atoms with Gasteiger partial charge in [-0.25, -0.2) is 9.48 Å². The summed E-state index contributed by atoms with van der Waals surface area (Å²) in [6.45, 7) is 1.95. The third kappa shape index (κ3) is 2.03. The molecule has 1 atom stereocenters. The molecule has 3 heterocycles. The van der Waals surface area contributed by atoms with Crippen LogP contribution in [0.25, 0.3) is 0 Å². The molecular formula is C13H13N5O2. The summed E-state index contributed by atoms with van der Waals surface area (Å²) in [7, 11) is 0. The van der Waals surface area contributed by atoms with E-state index in [1.54, 1.807) is 23.2 Å². The first-order valence-electron chi connectivity index (χ1n) is 6.26. The number of anilines is 1. The van der Waals surface area contributed by atoms with E-state index >= 15 is 0 Å². The third-order valence-electron chi connectivity index (χ3n) is 3.08. The Hall–Kier alpha value is -2.70. The second-order valence-electron chi connectivity index (χ2n) is 4.39. The number of hydrogen-bond acceptors (Lipinski definition) is 5. The molecule has 2 aromatic rings. The molecule has 0 amide bonds. The van der Waals surface area contributed by atoms with Crippen LogP contribution in [0.2, 0.25) is 0 Å². The molecule has 0 spiro atoms. The van der Waals surface area contributed by atoms with Gasteiger partial charge in [-0.05, 0) is 17.7 Å². The summed E-state index contributed by atoms with van der Waals surface area (Å²) >= 11 is 0. The molecule has 2 N–H and O–H groups in total. The maximum absolute atomic E-state index is 11.2. The van der Waals surface area contributed by atoms with Crippen molar-refractivity contribution in [3.05, 3.63) is 47.7 Å². The van der Waals surface area contributed by atoms with Crippen molar-refractivity contribution < 1.29 is 9.90 Å². The van der Waals surface area contributed by atoms with Crippen molar-refractivity contribution >= 4 is 11.9 Å². The Kier molecular flexibility index (Phi) is 2.94. The van der Waals surface area contributed by atoms with Crippen LogP contribution in [0.4, 0.5) is 5.95 Å². The molecule has 0 radical (unpaired) electrons. The molecule has 1 aliphatic rings. The number of carboxylic acid groups (broad SMARTS) is 1. The standard InChI is InChI=1S/C13H13N5O2/c1-2-11-16-13-15-9(12(19)20)6-10(18(13)17-11)8-4-3-5-14-7-8/h3-7,10H,2H2,1H3,(H,19,20)(H,15,16,17). The predicted molar refractivity (Wildman–Crippen MR) is 71.1 cm³/mol. The molecule has 0 fully saturated rings. The first kappa shape index (κ1) is 12.3.